The Hall–Kier alpha value is -1.56. The zero-order valence-electron chi connectivity index (χ0n) is 13.5. The summed E-state index contributed by atoms with van der Waals surface area (Å²) < 4.78 is 12.2. The minimum atomic E-state index is -0.832. The lowest BCUT2D eigenvalue weighted by Gasteiger charge is -2.37. The molecule has 5 nitrogen and oxygen atoms in total. The van der Waals surface area contributed by atoms with Gasteiger partial charge in [0.1, 0.15) is 11.4 Å². The van der Waals surface area contributed by atoms with Crippen molar-refractivity contribution in [1.82, 2.24) is 4.90 Å². The third-order valence-electron chi connectivity index (χ3n) is 4.13. The van der Waals surface area contributed by atoms with Gasteiger partial charge in [-0.15, -0.1) is 0 Å². The molecule has 2 aliphatic heterocycles. The molecule has 0 aliphatic carbocycles. The molecular weight excluding hydrogens is 362 g/mol. The van der Waals surface area contributed by atoms with Crippen molar-refractivity contribution >= 4 is 27.8 Å². The standard InChI is InChI=1S/C17H20BrNO4/c1-16(2,3)23-15(21)19-8-6-17(7-9-19)14(20)12-10-11(18)4-5-13(12)22-17/h4-5,10H,6-9H2,1-3H3. The van der Waals surface area contributed by atoms with Crippen LogP contribution in [0, 0.1) is 0 Å². The number of rotatable bonds is 0. The molecule has 2 aliphatic rings. The predicted molar refractivity (Wildman–Crippen MR) is 88.9 cm³/mol. The second-order valence-electron chi connectivity index (χ2n) is 7.03. The van der Waals surface area contributed by atoms with E-state index in [4.69, 9.17) is 9.47 Å². The molecule has 6 heteroatoms. The number of Topliss-reactive ketones (excluding diaryl/α,β-unsaturated/α-hetero) is 1. The van der Waals surface area contributed by atoms with E-state index in [-0.39, 0.29) is 11.9 Å². The van der Waals surface area contributed by atoms with E-state index < -0.39 is 11.2 Å². The highest BCUT2D eigenvalue weighted by molar-refractivity contribution is 9.10. The average molecular weight is 382 g/mol. The molecule has 0 radical (unpaired) electrons. The number of ketones is 1. The average Bonchev–Trinajstić information content (AvgIpc) is 2.71. The van der Waals surface area contributed by atoms with E-state index in [0.29, 0.717) is 37.2 Å². The first-order chi connectivity index (χ1) is 10.7. The molecule has 0 bridgehead atoms. The lowest BCUT2D eigenvalue weighted by molar-refractivity contribution is -0.00474. The number of amides is 1. The van der Waals surface area contributed by atoms with E-state index in [2.05, 4.69) is 15.9 Å². The van der Waals surface area contributed by atoms with Crippen molar-refractivity contribution in [2.75, 3.05) is 13.1 Å². The van der Waals surface area contributed by atoms with Crippen molar-refractivity contribution in [2.24, 2.45) is 0 Å². The molecule has 1 aromatic rings. The van der Waals surface area contributed by atoms with Crippen LogP contribution in [0.3, 0.4) is 0 Å². The lowest BCUT2D eigenvalue weighted by Crippen LogP contribution is -2.52. The highest BCUT2D eigenvalue weighted by atomic mass is 79.9. The molecule has 1 amide bonds. The third kappa shape index (κ3) is 3.09. The van der Waals surface area contributed by atoms with Crippen LogP contribution in [0.15, 0.2) is 22.7 Å². The van der Waals surface area contributed by atoms with Crippen molar-refractivity contribution in [2.45, 2.75) is 44.8 Å². The van der Waals surface area contributed by atoms with Crippen LogP contribution in [0.4, 0.5) is 4.79 Å². The maximum absolute atomic E-state index is 12.8. The van der Waals surface area contributed by atoms with Gasteiger partial charge in [0.15, 0.2) is 5.60 Å². The summed E-state index contributed by atoms with van der Waals surface area (Å²) in [5.74, 6) is 0.640. The van der Waals surface area contributed by atoms with Gasteiger partial charge in [-0.05, 0) is 39.0 Å². The Morgan fingerprint density at radius 2 is 1.96 bits per heavy atom. The van der Waals surface area contributed by atoms with Crippen molar-refractivity contribution in [3.05, 3.63) is 28.2 Å². The van der Waals surface area contributed by atoms with Gasteiger partial charge in [0.05, 0.1) is 5.56 Å². The fourth-order valence-electron chi connectivity index (χ4n) is 2.98. The number of carbonyl (C=O) groups is 2. The minimum absolute atomic E-state index is 0.0117. The van der Waals surface area contributed by atoms with Crippen LogP contribution in [-0.4, -0.2) is 41.1 Å². The monoisotopic (exact) mass is 381 g/mol. The second kappa shape index (κ2) is 5.51. The van der Waals surface area contributed by atoms with Gasteiger partial charge >= 0.3 is 6.09 Å². The molecule has 1 saturated heterocycles. The zero-order valence-corrected chi connectivity index (χ0v) is 15.1. The number of hydrogen-bond donors (Lipinski definition) is 0. The molecule has 0 saturated carbocycles. The van der Waals surface area contributed by atoms with Crippen LogP contribution >= 0.6 is 15.9 Å². The van der Waals surface area contributed by atoms with E-state index in [1.165, 1.54) is 0 Å². The van der Waals surface area contributed by atoms with Crippen molar-refractivity contribution in [3.8, 4) is 5.75 Å². The first-order valence-electron chi connectivity index (χ1n) is 7.71. The molecule has 1 fully saturated rings. The second-order valence-corrected chi connectivity index (χ2v) is 7.95. The van der Waals surface area contributed by atoms with Crippen molar-refractivity contribution in [1.29, 1.82) is 0 Å². The normalized spacial score (nSPS) is 19.5. The van der Waals surface area contributed by atoms with Gasteiger partial charge in [-0.25, -0.2) is 4.79 Å². The van der Waals surface area contributed by atoms with Gasteiger partial charge in [0, 0.05) is 30.4 Å². The van der Waals surface area contributed by atoms with Gasteiger partial charge in [-0.2, -0.15) is 0 Å². The predicted octanol–water partition coefficient (Wildman–Crippen LogP) is 3.79. The molecule has 0 atom stereocenters. The highest BCUT2D eigenvalue weighted by Crippen LogP contribution is 2.42. The van der Waals surface area contributed by atoms with Gasteiger partial charge in [-0.1, -0.05) is 15.9 Å². The Kier molecular flexibility index (Phi) is 3.91. The quantitative estimate of drug-likeness (QED) is 0.685. The van der Waals surface area contributed by atoms with E-state index in [1.807, 2.05) is 32.9 Å². The Labute approximate surface area is 144 Å². The lowest BCUT2D eigenvalue weighted by atomic mass is 9.86. The Morgan fingerprint density at radius 1 is 1.30 bits per heavy atom. The van der Waals surface area contributed by atoms with Crippen molar-refractivity contribution < 1.29 is 19.1 Å². The first kappa shape index (κ1) is 16.3. The zero-order chi connectivity index (χ0) is 16.8. The number of hydrogen-bond acceptors (Lipinski definition) is 4. The molecular formula is C17H20BrNO4. The summed E-state index contributed by atoms with van der Waals surface area (Å²) in [7, 11) is 0. The molecule has 2 heterocycles. The SMILES string of the molecule is CC(C)(C)OC(=O)N1CCC2(CC1)Oc1ccc(Br)cc1C2=O. The summed E-state index contributed by atoms with van der Waals surface area (Å²) in [6.45, 7) is 6.43. The fourth-order valence-corrected chi connectivity index (χ4v) is 3.34. The first-order valence-corrected chi connectivity index (χ1v) is 8.51. The number of piperidine rings is 1. The molecule has 1 aromatic carbocycles. The van der Waals surface area contributed by atoms with E-state index in [9.17, 15) is 9.59 Å². The molecule has 0 aromatic heterocycles. The summed E-state index contributed by atoms with van der Waals surface area (Å²) in [6, 6.07) is 5.47. The van der Waals surface area contributed by atoms with Crippen LogP contribution in [0.25, 0.3) is 0 Å². The molecule has 1 spiro atoms. The number of likely N-dealkylation sites (tertiary alicyclic amines) is 1. The highest BCUT2D eigenvalue weighted by Gasteiger charge is 2.50. The van der Waals surface area contributed by atoms with Crippen LogP contribution in [0.1, 0.15) is 44.0 Å². The maximum Gasteiger partial charge on any atom is 0.410 e. The third-order valence-corrected chi connectivity index (χ3v) is 4.62. The Balaban J connectivity index is 1.70. The van der Waals surface area contributed by atoms with Crippen LogP contribution in [0.2, 0.25) is 0 Å². The number of fused-ring (bicyclic) bond motifs is 1. The summed E-state index contributed by atoms with van der Waals surface area (Å²) in [4.78, 5) is 26.5. The summed E-state index contributed by atoms with van der Waals surface area (Å²) >= 11 is 3.38. The van der Waals surface area contributed by atoms with Crippen molar-refractivity contribution in [3.63, 3.8) is 0 Å². The van der Waals surface area contributed by atoms with Gasteiger partial charge in [0.25, 0.3) is 0 Å². The minimum Gasteiger partial charge on any atom is -0.478 e. The molecule has 3 rings (SSSR count). The maximum atomic E-state index is 12.8. The number of ether oxygens (including phenoxy) is 2. The van der Waals surface area contributed by atoms with Gasteiger partial charge < -0.3 is 14.4 Å². The number of benzene rings is 1. The topological polar surface area (TPSA) is 55.8 Å². The van der Waals surface area contributed by atoms with Crippen LogP contribution < -0.4 is 4.74 Å². The molecule has 124 valence electrons. The largest absolute Gasteiger partial charge is 0.478 e. The Bertz CT molecular complexity index is 657. The molecule has 0 N–H and O–H groups in total. The number of halogens is 1. The van der Waals surface area contributed by atoms with Crippen LogP contribution in [-0.2, 0) is 4.74 Å². The fraction of sp³-hybridized carbons (Fsp3) is 0.529. The smallest absolute Gasteiger partial charge is 0.410 e. The molecule has 23 heavy (non-hydrogen) atoms. The van der Waals surface area contributed by atoms with E-state index in [0.717, 1.165) is 4.47 Å². The van der Waals surface area contributed by atoms with E-state index >= 15 is 0 Å². The summed E-state index contributed by atoms with van der Waals surface area (Å²) in [5, 5.41) is 0. The molecule has 0 unspecified atom stereocenters. The van der Waals surface area contributed by atoms with Crippen LogP contribution in [0.5, 0.6) is 5.75 Å². The van der Waals surface area contributed by atoms with Gasteiger partial charge in [0.2, 0.25) is 5.78 Å². The number of carbonyl (C=O) groups excluding carboxylic acids is 2. The van der Waals surface area contributed by atoms with Gasteiger partial charge in [-0.3, -0.25) is 4.79 Å². The van der Waals surface area contributed by atoms with E-state index in [1.54, 1.807) is 11.0 Å². The summed E-state index contributed by atoms with van der Waals surface area (Å²) in [5.41, 5.74) is -0.735. The summed E-state index contributed by atoms with van der Waals surface area (Å²) in [6.07, 6.45) is 0.632. The number of nitrogens with zero attached hydrogens (tertiary/aromatic N) is 1. The Morgan fingerprint density at radius 3 is 2.57 bits per heavy atom.